The monoisotopic (exact) mass is 263 g/mol. The van der Waals surface area contributed by atoms with Gasteiger partial charge in [0.05, 0.1) is 0 Å². The van der Waals surface area contributed by atoms with E-state index in [0.717, 1.165) is 6.08 Å². The number of anilines is 1. The second-order valence-corrected chi connectivity index (χ2v) is 4.47. The minimum atomic E-state index is -1.02. The van der Waals surface area contributed by atoms with Gasteiger partial charge >= 0.3 is 5.97 Å². The van der Waals surface area contributed by atoms with Gasteiger partial charge in [0.25, 0.3) is 5.91 Å². The number of benzene rings is 1. The van der Waals surface area contributed by atoms with Gasteiger partial charge in [-0.2, -0.15) is 0 Å². The maximum atomic E-state index is 11.9. The van der Waals surface area contributed by atoms with Gasteiger partial charge in [-0.1, -0.05) is 12.1 Å². The molecule has 0 radical (unpaired) electrons. The Hall–Kier alpha value is -2.14. The van der Waals surface area contributed by atoms with E-state index in [9.17, 15) is 9.59 Å². The van der Waals surface area contributed by atoms with E-state index < -0.39 is 11.6 Å². The third-order valence-electron chi connectivity index (χ3n) is 2.62. The van der Waals surface area contributed by atoms with Crippen LogP contribution in [0.3, 0.4) is 0 Å². The number of rotatable bonds is 5. The standard InChI is InChI=1S/C14H17NO4/c1-14(2,19-3)13(18)15-11-6-4-5-10(9-11)7-8-12(16)17/h4-9H,1-3H3,(H,15,18)(H,16,17)/b8-7+. The predicted molar refractivity (Wildman–Crippen MR) is 72.8 cm³/mol. The molecule has 19 heavy (non-hydrogen) atoms. The number of nitrogens with one attached hydrogen (secondary N) is 1. The average Bonchev–Trinajstić information content (AvgIpc) is 2.36. The van der Waals surface area contributed by atoms with Crippen LogP contribution in [0.2, 0.25) is 0 Å². The number of hydrogen-bond donors (Lipinski definition) is 2. The zero-order chi connectivity index (χ0) is 14.5. The third kappa shape index (κ3) is 4.56. The summed E-state index contributed by atoms with van der Waals surface area (Å²) < 4.78 is 5.08. The molecular formula is C14H17NO4. The first-order valence-electron chi connectivity index (χ1n) is 5.73. The zero-order valence-electron chi connectivity index (χ0n) is 11.1. The number of carboxylic acids is 1. The molecular weight excluding hydrogens is 246 g/mol. The van der Waals surface area contributed by atoms with Crippen molar-refractivity contribution in [1.29, 1.82) is 0 Å². The molecule has 2 N–H and O–H groups in total. The Bertz CT molecular complexity index is 506. The Morgan fingerprint density at radius 1 is 1.37 bits per heavy atom. The molecule has 5 heteroatoms. The van der Waals surface area contributed by atoms with Gasteiger partial charge in [-0.15, -0.1) is 0 Å². The minimum Gasteiger partial charge on any atom is -0.478 e. The number of amides is 1. The third-order valence-corrected chi connectivity index (χ3v) is 2.62. The quantitative estimate of drug-likeness (QED) is 0.798. The number of carbonyl (C=O) groups is 2. The second kappa shape index (κ2) is 6.15. The highest BCUT2D eigenvalue weighted by Crippen LogP contribution is 2.15. The average molecular weight is 263 g/mol. The summed E-state index contributed by atoms with van der Waals surface area (Å²) in [5, 5.41) is 11.3. The number of hydrogen-bond acceptors (Lipinski definition) is 3. The van der Waals surface area contributed by atoms with Crippen molar-refractivity contribution in [3.05, 3.63) is 35.9 Å². The van der Waals surface area contributed by atoms with E-state index in [-0.39, 0.29) is 5.91 Å². The Labute approximate surface area is 111 Å². The molecule has 1 aromatic carbocycles. The first kappa shape index (κ1) is 14.9. The van der Waals surface area contributed by atoms with Gasteiger partial charge in [0.2, 0.25) is 0 Å². The van der Waals surface area contributed by atoms with Gasteiger partial charge < -0.3 is 15.2 Å². The van der Waals surface area contributed by atoms with Crippen LogP contribution in [-0.4, -0.2) is 29.7 Å². The van der Waals surface area contributed by atoms with Crippen molar-refractivity contribution in [2.45, 2.75) is 19.4 Å². The summed E-state index contributed by atoms with van der Waals surface area (Å²) >= 11 is 0. The molecule has 0 bridgehead atoms. The number of carboxylic acid groups (broad SMARTS) is 1. The molecule has 102 valence electrons. The summed E-state index contributed by atoms with van der Waals surface area (Å²) in [5.74, 6) is -1.29. The molecule has 0 spiro atoms. The van der Waals surface area contributed by atoms with Gasteiger partial charge in [-0.05, 0) is 37.6 Å². The topological polar surface area (TPSA) is 75.6 Å². The van der Waals surface area contributed by atoms with Gasteiger partial charge in [0.1, 0.15) is 5.60 Å². The van der Waals surface area contributed by atoms with E-state index >= 15 is 0 Å². The summed E-state index contributed by atoms with van der Waals surface area (Å²) in [6, 6.07) is 6.89. The number of aliphatic carboxylic acids is 1. The molecule has 0 aliphatic heterocycles. The molecule has 0 atom stereocenters. The molecule has 0 unspecified atom stereocenters. The Morgan fingerprint density at radius 2 is 2.05 bits per heavy atom. The fourth-order valence-corrected chi connectivity index (χ4v) is 1.26. The molecule has 1 rings (SSSR count). The molecule has 1 aromatic rings. The van der Waals surface area contributed by atoms with E-state index in [2.05, 4.69) is 5.32 Å². The van der Waals surface area contributed by atoms with Crippen molar-refractivity contribution in [3.8, 4) is 0 Å². The lowest BCUT2D eigenvalue weighted by Gasteiger charge is -2.21. The van der Waals surface area contributed by atoms with Crippen molar-refractivity contribution in [3.63, 3.8) is 0 Å². The fourth-order valence-electron chi connectivity index (χ4n) is 1.26. The highest BCUT2D eigenvalue weighted by molar-refractivity contribution is 5.97. The summed E-state index contributed by atoms with van der Waals surface area (Å²) in [6.45, 7) is 3.33. The van der Waals surface area contributed by atoms with Crippen molar-refractivity contribution >= 4 is 23.6 Å². The van der Waals surface area contributed by atoms with Crippen LogP contribution in [0.4, 0.5) is 5.69 Å². The van der Waals surface area contributed by atoms with Crippen LogP contribution in [0, 0.1) is 0 Å². The fraction of sp³-hybridized carbons (Fsp3) is 0.286. The summed E-state index contributed by atoms with van der Waals surface area (Å²) in [6.07, 6.45) is 2.50. The lowest BCUT2D eigenvalue weighted by molar-refractivity contribution is -0.133. The highest BCUT2D eigenvalue weighted by Gasteiger charge is 2.26. The zero-order valence-corrected chi connectivity index (χ0v) is 11.1. The lowest BCUT2D eigenvalue weighted by Crippen LogP contribution is -2.38. The SMILES string of the molecule is COC(C)(C)C(=O)Nc1cccc(/C=C/C(=O)O)c1. The van der Waals surface area contributed by atoms with Crippen molar-refractivity contribution in [2.75, 3.05) is 12.4 Å². The second-order valence-electron chi connectivity index (χ2n) is 4.47. The minimum absolute atomic E-state index is 0.269. The van der Waals surface area contributed by atoms with Crippen LogP contribution in [-0.2, 0) is 14.3 Å². The predicted octanol–water partition coefficient (Wildman–Crippen LogP) is 2.15. The first-order valence-corrected chi connectivity index (χ1v) is 5.73. The molecule has 0 aliphatic rings. The van der Waals surface area contributed by atoms with Crippen LogP contribution in [0.15, 0.2) is 30.3 Å². The van der Waals surface area contributed by atoms with Crippen molar-refractivity contribution in [1.82, 2.24) is 0 Å². The summed E-state index contributed by atoms with van der Waals surface area (Å²) in [7, 11) is 1.46. The maximum absolute atomic E-state index is 11.9. The highest BCUT2D eigenvalue weighted by atomic mass is 16.5. The molecule has 1 amide bonds. The van der Waals surface area contributed by atoms with E-state index in [1.807, 2.05) is 0 Å². The molecule has 0 fully saturated rings. The van der Waals surface area contributed by atoms with Crippen LogP contribution >= 0.6 is 0 Å². The largest absolute Gasteiger partial charge is 0.478 e. The molecule has 5 nitrogen and oxygen atoms in total. The molecule has 0 heterocycles. The molecule has 0 aliphatic carbocycles. The summed E-state index contributed by atoms with van der Waals surface area (Å²) in [4.78, 5) is 22.3. The van der Waals surface area contributed by atoms with Crippen LogP contribution < -0.4 is 5.32 Å². The van der Waals surface area contributed by atoms with E-state index in [1.54, 1.807) is 38.1 Å². The van der Waals surface area contributed by atoms with Gasteiger partial charge in [-0.3, -0.25) is 4.79 Å². The molecule has 0 saturated carbocycles. The van der Waals surface area contributed by atoms with E-state index in [1.165, 1.54) is 13.2 Å². The number of ether oxygens (including phenoxy) is 1. The van der Waals surface area contributed by atoms with Crippen molar-refractivity contribution in [2.24, 2.45) is 0 Å². The maximum Gasteiger partial charge on any atom is 0.328 e. The van der Waals surface area contributed by atoms with Crippen LogP contribution in [0.1, 0.15) is 19.4 Å². The van der Waals surface area contributed by atoms with Crippen LogP contribution in [0.25, 0.3) is 6.08 Å². The Kier molecular flexibility index (Phi) is 4.83. The van der Waals surface area contributed by atoms with E-state index in [4.69, 9.17) is 9.84 Å². The number of methoxy groups -OCH3 is 1. The smallest absolute Gasteiger partial charge is 0.328 e. The van der Waals surface area contributed by atoms with Gasteiger partial charge in [0.15, 0.2) is 0 Å². The van der Waals surface area contributed by atoms with Gasteiger partial charge in [0, 0.05) is 18.9 Å². The Morgan fingerprint density at radius 3 is 2.63 bits per heavy atom. The van der Waals surface area contributed by atoms with Crippen LogP contribution in [0.5, 0.6) is 0 Å². The van der Waals surface area contributed by atoms with E-state index in [0.29, 0.717) is 11.3 Å². The van der Waals surface area contributed by atoms with Crippen molar-refractivity contribution < 1.29 is 19.4 Å². The Balaban J connectivity index is 2.83. The number of carbonyl (C=O) groups excluding carboxylic acids is 1. The van der Waals surface area contributed by atoms with Gasteiger partial charge in [-0.25, -0.2) is 4.79 Å². The first-order chi connectivity index (χ1) is 8.85. The lowest BCUT2D eigenvalue weighted by atomic mass is 10.1. The molecule has 0 saturated heterocycles. The molecule has 0 aromatic heterocycles. The summed E-state index contributed by atoms with van der Waals surface area (Å²) in [5.41, 5.74) is 0.352. The normalized spacial score (nSPS) is 11.5.